The zero-order chi connectivity index (χ0) is 19.4. The van der Waals surface area contributed by atoms with Crippen molar-refractivity contribution in [3.05, 3.63) is 48.2 Å². The van der Waals surface area contributed by atoms with Crippen LogP contribution in [0.25, 0.3) is 22.3 Å². The predicted octanol–water partition coefficient (Wildman–Crippen LogP) is 2.37. The van der Waals surface area contributed by atoms with E-state index in [9.17, 15) is 9.59 Å². The van der Waals surface area contributed by atoms with Crippen LogP contribution in [0.1, 0.15) is 31.1 Å². The van der Waals surface area contributed by atoms with Crippen LogP contribution in [0.15, 0.2) is 42.6 Å². The van der Waals surface area contributed by atoms with Gasteiger partial charge < -0.3 is 10.6 Å². The van der Waals surface area contributed by atoms with E-state index in [1.807, 2.05) is 51.1 Å². The molecule has 0 saturated heterocycles. The van der Waals surface area contributed by atoms with Crippen LogP contribution in [-0.4, -0.2) is 39.2 Å². The van der Waals surface area contributed by atoms with Crippen molar-refractivity contribution >= 4 is 22.8 Å². The largest absolute Gasteiger partial charge is 0.352 e. The normalized spacial score (nSPS) is 11.0. The number of fused-ring (bicyclic) bond motifs is 1. The zero-order valence-corrected chi connectivity index (χ0v) is 15.7. The first-order valence-electron chi connectivity index (χ1n) is 8.99. The molecule has 2 N–H and O–H groups in total. The molecule has 1 aromatic carbocycles. The highest BCUT2D eigenvalue weighted by Crippen LogP contribution is 2.24. The van der Waals surface area contributed by atoms with E-state index in [-0.39, 0.29) is 24.4 Å². The van der Waals surface area contributed by atoms with Gasteiger partial charge in [-0.3, -0.25) is 9.59 Å². The molecule has 2 amide bonds. The molecule has 0 atom stereocenters. The molecule has 0 radical (unpaired) electrons. The fourth-order valence-corrected chi connectivity index (χ4v) is 2.85. The lowest BCUT2D eigenvalue weighted by atomic mass is 10.1. The first kappa shape index (κ1) is 18.6. The Balaban J connectivity index is 1.97. The number of aryl methyl sites for hydroxylation is 1. The minimum atomic E-state index is -0.325. The highest BCUT2D eigenvalue weighted by molar-refractivity contribution is 6.07. The van der Waals surface area contributed by atoms with E-state index < -0.39 is 0 Å². The molecule has 0 fully saturated rings. The fraction of sp³-hybridized carbons (Fsp3) is 0.300. The lowest BCUT2D eigenvalue weighted by Gasteiger charge is -2.11. The van der Waals surface area contributed by atoms with Gasteiger partial charge in [0.25, 0.3) is 5.91 Å². The average Bonchev–Trinajstić information content (AvgIpc) is 3.08. The number of amides is 2. The molecular weight excluding hydrogens is 342 g/mol. The van der Waals surface area contributed by atoms with Gasteiger partial charge in [-0.05, 0) is 26.8 Å². The summed E-state index contributed by atoms with van der Waals surface area (Å²) in [5, 5.41) is 10.4. The van der Waals surface area contributed by atoms with Gasteiger partial charge >= 0.3 is 0 Å². The molecule has 0 saturated carbocycles. The number of benzene rings is 1. The number of aromatic nitrogens is 3. The third-order valence-corrected chi connectivity index (χ3v) is 4.08. The van der Waals surface area contributed by atoms with Crippen LogP contribution >= 0.6 is 0 Å². The highest BCUT2D eigenvalue weighted by atomic mass is 16.2. The first-order valence-corrected chi connectivity index (χ1v) is 8.99. The predicted molar refractivity (Wildman–Crippen MR) is 104 cm³/mol. The monoisotopic (exact) mass is 365 g/mol. The van der Waals surface area contributed by atoms with E-state index in [0.29, 0.717) is 28.8 Å². The van der Waals surface area contributed by atoms with Gasteiger partial charge in [0.1, 0.15) is 0 Å². The van der Waals surface area contributed by atoms with E-state index in [1.165, 1.54) is 0 Å². The molecule has 0 spiro atoms. The Morgan fingerprint density at radius 3 is 2.59 bits per heavy atom. The Hall–Kier alpha value is -3.22. The molecule has 7 nitrogen and oxygen atoms in total. The maximum Gasteiger partial charge on any atom is 0.252 e. The molecule has 0 unspecified atom stereocenters. The second-order valence-corrected chi connectivity index (χ2v) is 6.52. The molecule has 0 aliphatic carbocycles. The third kappa shape index (κ3) is 4.13. The summed E-state index contributed by atoms with van der Waals surface area (Å²) in [6, 6.07) is 11.4. The molecule has 27 heavy (non-hydrogen) atoms. The van der Waals surface area contributed by atoms with Gasteiger partial charge in [-0.2, -0.15) is 5.10 Å². The Morgan fingerprint density at radius 1 is 1.19 bits per heavy atom. The standard InChI is InChI=1S/C20H23N5O2/c1-4-25-19-16(11-22-25)15(20(27)21-12-18(26)23-13(2)3)10-17(24-19)14-8-6-5-7-9-14/h5-11,13H,4,12H2,1-3H3,(H,21,27)(H,23,26). The van der Waals surface area contributed by atoms with Crippen LogP contribution in [0, 0.1) is 0 Å². The number of nitrogens with zero attached hydrogens (tertiary/aromatic N) is 3. The first-order chi connectivity index (χ1) is 13.0. The summed E-state index contributed by atoms with van der Waals surface area (Å²) in [5.41, 5.74) is 2.71. The van der Waals surface area contributed by atoms with Gasteiger partial charge in [-0.1, -0.05) is 30.3 Å². The summed E-state index contributed by atoms with van der Waals surface area (Å²) >= 11 is 0. The molecule has 3 aromatic rings. The molecule has 0 aliphatic heterocycles. The van der Waals surface area contributed by atoms with Crippen molar-refractivity contribution in [3.63, 3.8) is 0 Å². The van der Waals surface area contributed by atoms with E-state index in [0.717, 1.165) is 5.56 Å². The molecule has 3 rings (SSSR count). The number of carbonyl (C=O) groups is 2. The van der Waals surface area contributed by atoms with Crippen molar-refractivity contribution in [1.29, 1.82) is 0 Å². The van der Waals surface area contributed by atoms with Crippen molar-refractivity contribution in [2.45, 2.75) is 33.4 Å². The molecule has 140 valence electrons. The summed E-state index contributed by atoms with van der Waals surface area (Å²) in [4.78, 5) is 29.3. The second kappa shape index (κ2) is 7.99. The van der Waals surface area contributed by atoms with Crippen LogP contribution < -0.4 is 10.6 Å². The van der Waals surface area contributed by atoms with Gasteiger partial charge in [0, 0.05) is 18.2 Å². The van der Waals surface area contributed by atoms with Crippen molar-refractivity contribution in [3.8, 4) is 11.3 Å². The smallest absolute Gasteiger partial charge is 0.252 e. The molecule has 2 aromatic heterocycles. The molecule has 0 aliphatic rings. The Bertz CT molecular complexity index is 963. The van der Waals surface area contributed by atoms with Gasteiger partial charge in [0.15, 0.2) is 5.65 Å². The van der Waals surface area contributed by atoms with Crippen molar-refractivity contribution in [1.82, 2.24) is 25.4 Å². The third-order valence-electron chi connectivity index (χ3n) is 4.08. The maximum absolute atomic E-state index is 12.8. The number of rotatable bonds is 6. The zero-order valence-electron chi connectivity index (χ0n) is 15.7. The van der Waals surface area contributed by atoms with Gasteiger partial charge in [0.2, 0.25) is 5.91 Å². The van der Waals surface area contributed by atoms with Crippen LogP contribution in [-0.2, 0) is 11.3 Å². The maximum atomic E-state index is 12.8. The summed E-state index contributed by atoms with van der Waals surface area (Å²) < 4.78 is 1.75. The van der Waals surface area contributed by atoms with Gasteiger partial charge in [-0.25, -0.2) is 9.67 Å². The number of pyridine rings is 1. The Kier molecular flexibility index (Phi) is 5.49. The lowest BCUT2D eigenvalue weighted by Crippen LogP contribution is -2.39. The topological polar surface area (TPSA) is 88.9 Å². The van der Waals surface area contributed by atoms with E-state index >= 15 is 0 Å². The number of carbonyl (C=O) groups excluding carboxylic acids is 2. The number of hydrogen-bond acceptors (Lipinski definition) is 4. The summed E-state index contributed by atoms with van der Waals surface area (Å²) in [6.07, 6.45) is 1.64. The van der Waals surface area contributed by atoms with E-state index in [2.05, 4.69) is 15.7 Å². The Labute approximate surface area is 157 Å². The Morgan fingerprint density at radius 2 is 1.93 bits per heavy atom. The van der Waals surface area contributed by atoms with Crippen LogP contribution in [0.2, 0.25) is 0 Å². The summed E-state index contributed by atoms with van der Waals surface area (Å²) in [7, 11) is 0. The molecule has 0 bridgehead atoms. The van der Waals surface area contributed by atoms with Crippen molar-refractivity contribution in [2.75, 3.05) is 6.54 Å². The van der Waals surface area contributed by atoms with Gasteiger partial charge in [0.05, 0.1) is 29.4 Å². The number of hydrogen-bond donors (Lipinski definition) is 2. The lowest BCUT2D eigenvalue weighted by molar-refractivity contribution is -0.120. The summed E-state index contributed by atoms with van der Waals surface area (Å²) in [6.45, 7) is 6.28. The average molecular weight is 365 g/mol. The van der Waals surface area contributed by atoms with E-state index in [1.54, 1.807) is 16.9 Å². The highest BCUT2D eigenvalue weighted by Gasteiger charge is 2.18. The SMILES string of the molecule is CCn1ncc2c(C(=O)NCC(=O)NC(C)C)cc(-c3ccccc3)nc21. The molecule has 7 heteroatoms. The minimum Gasteiger partial charge on any atom is -0.352 e. The summed E-state index contributed by atoms with van der Waals surface area (Å²) in [5.74, 6) is -0.551. The second-order valence-electron chi connectivity index (χ2n) is 6.52. The van der Waals surface area contributed by atoms with E-state index in [4.69, 9.17) is 4.98 Å². The molecule has 2 heterocycles. The fourth-order valence-electron chi connectivity index (χ4n) is 2.85. The quantitative estimate of drug-likeness (QED) is 0.702. The van der Waals surface area contributed by atoms with Crippen molar-refractivity contribution < 1.29 is 9.59 Å². The van der Waals surface area contributed by atoms with Crippen molar-refractivity contribution in [2.24, 2.45) is 0 Å². The van der Waals surface area contributed by atoms with Gasteiger partial charge in [-0.15, -0.1) is 0 Å². The van der Waals surface area contributed by atoms with Crippen LogP contribution in [0.3, 0.4) is 0 Å². The molecular formula is C20H23N5O2. The minimum absolute atomic E-state index is 0.0227. The van der Waals surface area contributed by atoms with Crippen LogP contribution in [0.5, 0.6) is 0 Å². The van der Waals surface area contributed by atoms with Crippen LogP contribution in [0.4, 0.5) is 0 Å². The number of nitrogens with one attached hydrogen (secondary N) is 2.